The second-order valence-corrected chi connectivity index (χ2v) is 7.18. The van der Waals surface area contributed by atoms with Crippen LogP contribution in [0, 0.1) is 3.57 Å². The highest BCUT2D eigenvalue weighted by Gasteiger charge is 2.16. The summed E-state index contributed by atoms with van der Waals surface area (Å²) in [6.07, 6.45) is 2.84. The molecule has 1 aromatic heterocycles. The number of pyridine rings is 1. The first-order chi connectivity index (χ1) is 8.49. The van der Waals surface area contributed by atoms with Crippen molar-refractivity contribution < 1.29 is 8.42 Å². The molecule has 1 aromatic carbocycles. The van der Waals surface area contributed by atoms with Gasteiger partial charge in [-0.1, -0.05) is 12.1 Å². The minimum Gasteiger partial charge on any atom is -0.279 e. The van der Waals surface area contributed by atoms with Gasteiger partial charge in [-0.05, 0) is 56.7 Å². The molecule has 0 aliphatic heterocycles. The second-order valence-electron chi connectivity index (χ2n) is 3.42. The van der Waals surface area contributed by atoms with Crippen molar-refractivity contribution in [1.29, 1.82) is 0 Å². The normalized spacial score (nSPS) is 11.2. The Morgan fingerprint density at radius 1 is 1.22 bits per heavy atom. The van der Waals surface area contributed by atoms with Gasteiger partial charge in [-0.2, -0.15) is 0 Å². The van der Waals surface area contributed by atoms with Gasteiger partial charge in [0.2, 0.25) is 0 Å². The first-order valence-corrected chi connectivity index (χ1v) is 8.22. The first-order valence-electron chi connectivity index (χ1n) is 4.87. The fourth-order valence-electron chi connectivity index (χ4n) is 1.29. The molecule has 94 valence electrons. The summed E-state index contributed by atoms with van der Waals surface area (Å²) >= 11 is 5.27. The summed E-state index contributed by atoms with van der Waals surface area (Å²) in [5.41, 5.74) is 0.554. The van der Waals surface area contributed by atoms with Crippen LogP contribution in [0.5, 0.6) is 0 Å². The summed E-state index contributed by atoms with van der Waals surface area (Å²) in [7, 11) is -3.61. The van der Waals surface area contributed by atoms with Gasteiger partial charge in [0, 0.05) is 20.4 Å². The maximum absolute atomic E-state index is 12.1. The Bertz CT molecular complexity index is 676. The molecule has 7 heteroatoms. The number of hydrogen-bond acceptors (Lipinski definition) is 3. The van der Waals surface area contributed by atoms with E-state index in [1.54, 1.807) is 12.1 Å². The number of sulfonamides is 1. The Morgan fingerprint density at radius 3 is 2.61 bits per heavy atom. The van der Waals surface area contributed by atoms with Crippen LogP contribution in [0.25, 0.3) is 0 Å². The van der Waals surface area contributed by atoms with E-state index in [0.717, 1.165) is 3.57 Å². The number of aromatic nitrogens is 1. The predicted octanol–water partition coefficient (Wildman–Crippen LogP) is 3.25. The number of anilines is 1. The summed E-state index contributed by atoms with van der Waals surface area (Å²) in [6, 6.07) is 8.67. The Labute approximate surface area is 127 Å². The lowest BCUT2D eigenvalue weighted by Crippen LogP contribution is -2.14. The number of nitrogens with one attached hydrogen (secondary N) is 1. The van der Waals surface area contributed by atoms with E-state index < -0.39 is 10.0 Å². The standard InChI is InChI=1S/C11H8BrIN2O2S/c12-8-5-9(7-14-6-8)18(16,17)15-11-4-2-1-3-10(11)13/h1-7,15H. The lowest BCUT2D eigenvalue weighted by molar-refractivity contribution is 0.600. The fourth-order valence-corrected chi connectivity index (χ4v) is 3.58. The van der Waals surface area contributed by atoms with Crippen LogP contribution < -0.4 is 4.72 Å². The topological polar surface area (TPSA) is 59.1 Å². The molecule has 0 radical (unpaired) electrons. The van der Waals surface area contributed by atoms with Crippen LogP contribution in [0.15, 0.2) is 52.1 Å². The van der Waals surface area contributed by atoms with Crippen molar-refractivity contribution in [3.63, 3.8) is 0 Å². The molecule has 0 atom stereocenters. The molecule has 0 amide bonds. The van der Waals surface area contributed by atoms with Gasteiger partial charge in [-0.15, -0.1) is 0 Å². The van der Waals surface area contributed by atoms with E-state index in [4.69, 9.17) is 0 Å². The smallest absolute Gasteiger partial charge is 0.263 e. The highest BCUT2D eigenvalue weighted by Crippen LogP contribution is 2.22. The van der Waals surface area contributed by atoms with Crippen molar-refractivity contribution in [3.05, 3.63) is 50.8 Å². The SMILES string of the molecule is O=S(=O)(Nc1ccccc1I)c1cncc(Br)c1. The average molecular weight is 439 g/mol. The van der Waals surface area contributed by atoms with Gasteiger partial charge in [-0.25, -0.2) is 8.42 Å². The quantitative estimate of drug-likeness (QED) is 0.748. The average Bonchev–Trinajstić information content (AvgIpc) is 2.32. The zero-order valence-corrected chi connectivity index (χ0v) is 13.5. The lowest BCUT2D eigenvalue weighted by Gasteiger charge is -2.09. The maximum atomic E-state index is 12.1. The summed E-state index contributed by atoms with van der Waals surface area (Å²) in [5, 5.41) is 0. The van der Waals surface area contributed by atoms with E-state index in [1.807, 2.05) is 12.1 Å². The molecule has 0 saturated carbocycles. The van der Waals surface area contributed by atoms with Crippen LogP contribution in [0.3, 0.4) is 0 Å². The van der Waals surface area contributed by atoms with Gasteiger partial charge in [0.15, 0.2) is 0 Å². The number of rotatable bonds is 3. The third kappa shape index (κ3) is 3.21. The molecule has 2 aromatic rings. The minimum absolute atomic E-state index is 0.122. The first kappa shape index (κ1) is 13.8. The van der Waals surface area contributed by atoms with Crippen LogP contribution in [0.2, 0.25) is 0 Å². The highest BCUT2D eigenvalue weighted by atomic mass is 127. The van der Waals surface area contributed by atoms with Crippen molar-refractivity contribution in [3.8, 4) is 0 Å². The molecule has 0 fully saturated rings. The number of halogens is 2. The Balaban J connectivity index is 2.37. The van der Waals surface area contributed by atoms with Crippen LogP contribution in [0.1, 0.15) is 0 Å². The number of benzene rings is 1. The molecule has 1 heterocycles. The number of para-hydroxylation sites is 1. The summed E-state index contributed by atoms with van der Waals surface area (Å²) in [5.74, 6) is 0. The van der Waals surface area contributed by atoms with Crippen LogP contribution in [0.4, 0.5) is 5.69 Å². The van der Waals surface area contributed by atoms with E-state index in [2.05, 4.69) is 48.2 Å². The van der Waals surface area contributed by atoms with E-state index in [1.165, 1.54) is 18.5 Å². The molecule has 0 spiro atoms. The molecule has 18 heavy (non-hydrogen) atoms. The van der Waals surface area contributed by atoms with E-state index >= 15 is 0 Å². The molecule has 0 aliphatic rings. The third-order valence-electron chi connectivity index (χ3n) is 2.11. The minimum atomic E-state index is -3.61. The molecular formula is C11H8BrIN2O2S. The van der Waals surface area contributed by atoms with Gasteiger partial charge < -0.3 is 0 Å². The van der Waals surface area contributed by atoms with Gasteiger partial charge in [0.25, 0.3) is 10.0 Å². The molecule has 0 aliphatic carbocycles. The molecule has 2 rings (SSSR count). The van der Waals surface area contributed by atoms with Gasteiger partial charge >= 0.3 is 0 Å². The Hall–Kier alpha value is -0.670. The second kappa shape index (κ2) is 5.54. The van der Waals surface area contributed by atoms with Gasteiger partial charge in [0.05, 0.1) is 5.69 Å². The van der Waals surface area contributed by atoms with Crippen molar-refractivity contribution >= 4 is 54.2 Å². The maximum Gasteiger partial charge on any atom is 0.263 e. The largest absolute Gasteiger partial charge is 0.279 e. The molecule has 4 nitrogen and oxygen atoms in total. The zero-order chi connectivity index (χ0) is 13.2. The number of nitrogens with zero attached hydrogens (tertiary/aromatic N) is 1. The number of hydrogen-bond donors (Lipinski definition) is 1. The predicted molar refractivity (Wildman–Crippen MR) is 81.9 cm³/mol. The van der Waals surface area contributed by atoms with Crippen molar-refractivity contribution in [2.45, 2.75) is 4.90 Å². The fraction of sp³-hybridized carbons (Fsp3) is 0. The zero-order valence-electron chi connectivity index (χ0n) is 8.97. The third-order valence-corrected chi connectivity index (χ3v) is 4.82. The van der Waals surface area contributed by atoms with Crippen molar-refractivity contribution in [2.24, 2.45) is 0 Å². The van der Waals surface area contributed by atoms with Crippen molar-refractivity contribution in [1.82, 2.24) is 4.98 Å². The van der Waals surface area contributed by atoms with Crippen LogP contribution >= 0.6 is 38.5 Å². The summed E-state index contributed by atoms with van der Waals surface area (Å²) < 4.78 is 28.2. The summed E-state index contributed by atoms with van der Waals surface area (Å²) in [4.78, 5) is 3.97. The molecular weight excluding hydrogens is 431 g/mol. The Morgan fingerprint density at radius 2 is 1.94 bits per heavy atom. The van der Waals surface area contributed by atoms with E-state index in [9.17, 15) is 8.42 Å². The summed E-state index contributed by atoms with van der Waals surface area (Å²) in [6.45, 7) is 0. The van der Waals surface area contributed by atoms with Crippen molar-refractivity contribution in [2.75, 3.05) is 4.72 Å². The Kier molecular flexibility index (Phi) is 4.23. The van der Waals surface area contributed by atoms with Crippen LogP contribution in [-0.4, -0.2) is 13.4 Å². The van der Waals surface area contributed by atoms with E-state index in [0.29, 0.717) is 10.2 Å². The molecule has 0 unspecified atom stereocenters. The monoisotopic (exact) mass is 438 g/mol. The highest BCUT2D eigenvalue weighted by molar-refractivity contribution is 14.1. The van der Waals surface area contributed by atoms with Gasteiger partial charge in [-0.3, -0.25) is 9.71 Å². The lowest BCUT2D eigenvalue weighted by atomic mass is 10.3. The van der Waals surface area contributed by atoms with Gasteiger partial charge in [0.1, 0.15) is 4.90 Å². The van der Waals surface area contributed by atoms with Crippen LogP contribution in [-0.2, 0) is 10.0 Å². The van der Waals surface area contributed by atoms with E-state index in [-0.39, 0.29) is 4.90 Å². The molecule has 0 saturated heterocycles. The molecule has 0 bridgehead atoms. The molecule has 1 N–H and O–H groups in total.